The molecule has 0 aliphatic carbocycles. The van der Waals surface area contributed by atoms with E-state index in [2.05, 4.69) is 31.3 Å². The van der Waals surface area contributed by atoms with Crippen LogP contribution in [-0.4, -0.2) is 89.5 Å². The van der Waals surface area contributed by atoms with Crippen molar-refractivity contribution in [3.8, 4) is 11.1 Å². The van der Waals surface area contributed by atoms with E-state index in [4.69, 9.17) is 14.5 Å². The second-order valence-electron chi connectivity index (χ2n) is 13.1. The SMILES string of the molecule is CCc1nc2c(cnn2CC)c(NC2CCOCC2)c1CNC(=O)COCC(=O)NCc1ccc(F)c(-c2cccc(CN3CCNC(=O)C3)c2)c1. The van der Waals surface area contributed by atoms with E-state index in [1.165, 1.54) is 6.07 Å². The number of nitrogens with one attached hydrogen (secondary N) is 4. The van der Waals surface area contributed by atoms with Crippen LogP contribution in [0.3, 0.4) is 0 Å². The Morgan fingerprint density at radius 3 is 2.58 bits per heavy atom. The van der Waals surface area contributed by atoms with Crippen molar-refractivity contribution in [2.75, 3.05) is 51.4 Å². The molecule has 0 spiro atoms. The molecule has 2 fully saturated rings. The lowest BCUT2D eigenvalue weighted by molar-refractivity contribution is -0.131. The molecule has 4 aromatic rings. The average Bonchev–Trinajstić information content (AvgIpc) is 3.57. The van der Waals surface area contributed by atoms with Crippen LogP contribution in [0.1, 0.15) is 49.1 Å². The molecule has 0 saturated carbocycles. The van der Waals surface area contributed by atoms with Gasteiger partial charge in [-0.1, -0.05) is 31.2 Å². The number of carbonyl (C=O) groups is 3. The minimum absolute atomic E-state index is 0.00141. The van der Waals surface area contributed by atoms with Crippen molar-refractivity contribution in [2.45, 2.75) is 65.3 Å². The Bertz CT molecular complexity index is 1890. The Morgan fingerprint density at radius 1 is 1.04 bits per heavy atom. The van der Waals surface area contributed by atoms with Crippen LogP contribution in [0.15, 0.2) is 48.7 Å². The van der Waals surface area contributed by atoms with Crippen LogP contribution in [0.5, 0.6) is 0 Å². The number of fused-ring (bicyclic) bond motifs is 1. The van der Waals surface area contributed by atoms with Gasteiger partial charge in [0.25, 0.3) is 0 Å². The number of hydrogen-bond acceptors (Lipinski definition) is 9. The fraction of sp³-hybridized carbons (Fsp3) is 0.447. The van der Waals surface area contributed by atoms with Crippen LogP contribution in [0.4, 0.5) is 10.1 Å². The van der Waals surface area contributed by atoms with Crippen molar-refractivity contribution in [2.24, 2.45) is 0 Å². The van der Waals surface area contributed by atoms with E-state index in [-0.39, 0.29) is 50.0 Å². The van der Waals surface area contributed by atoms with Crippen LogP contribution in [-0.2, 0) is 56.5 Å². The fourth-order valence-electron chi connectivity index (χ4n) is 6.65. The second kappa shape index (κ2) is 17.5. The standard InChI is InChI=1S/C38H47FN8O5/c1-3-33-30(37(44-28-10-14-51-15-11-28)31-20-43-47(4-2)38(31)45-33)19-42-36(50)24-52-23-35(49)41-18-25-8-9-32(39)29(17-25)27-7-5-6-26(16-27)21-46-13-12-40-34(48)22-46/h5-9,16-17,20,28H,3-4,10-15,18-19,21-24H2,1-2H3,(H,40,48)(H,41,49)(H,42,50)(H,44,45). The number of hydrogen-bond donors (Lipinski definition) is 4. The van der Waals surface area contributed by atoms with Gasteiger partial charge in [0.05, 0.1) is 23.8 Å². The third-order valence-electron chi connectivity index (χ3n) is 9.39. The van der Waals surface area contributed by atoms with Crippen molar-refractivity contribution < 1.29 is 28.2 Å². The summed E-state index contributed by atoms with van der Waals surface area (Å²) in [6.45, 7) is 8.24. The van der Waals surface area contributed by atoms with Crippen LogP contribution < -0.4 is 21.3 Å². The molecule has 4 heterocycles. The monoisotopic (exact) mass is 714 g/mol. The summed E-state index contributed by atoms with van der Waals surface area (Å²) >= 11 is 0. The minimum atomic E-state index is -0.398. The summed E-state index contributed by atoms with van der Waals surface area (Å²) in [6.07, 6.45) is 4.27. The summed E-state index contributed by atoms with van der Waals surface area (Å²) in [5, 5.41) is 17.7. The van der Waals surface area contributed by atoms with E-state index < -0.39 is 5.91 Å². The number of aryl methyl sites for hydroxylation is 2. The Balaban J connectivity index is 1.01. The van der Waals surface area contributed by atoms with Gasteiger partial charge in [0.2, 0.25) is 17.7 Å². The number of amides is 3. The third kappa shape index (κ3) is 9.29. The number of anilines is 1. The number of nitrogens with zero attached hydrogens (tertiary/aromatic N) is 4. The smallest absolute Gasteiger partial charge is 0.246 e. The first kappa shape index (κ1) is 36.9. The molecule has 52 heavy (non-hydrogen) atoms. The highest BCUT2D eigenvalue weighted by molar-refractivity contribution is 5.92. The zero-order chi connectivity index (χ0) is 36.5. The molecule has 13 nitrogen and oxygen atoms in total. The highest BCUT2D eigenvalue weighted by atomic mass is 19.1. The molecular weight excluding hydrogens is 667 g/mol. The quantitative estimate of drug-likeness (QED) is 0.146. The third-order valence-corrected chi connectivity index (χ3v) is 9.39. The summed E-state index contributed by atoms with van der Waals surface area (Å²) in [4.78, 5) is 44.2. The van der Waals surface area contributed by atoms with Gasteiger partial charge in [-0.25, -0.2) is 14.1 Å². The molecule has 3 amide bonds. The Morgan fingerprint density at radius 2 is 1.83 bits per heavy atom. The summed E-state index contributed by atoms with van der Waals surface area (Å²) < 4.78 is 27.8. The first-order chi connectivity index (χ1) is 25.3. The van der Waals surface area contributed by atoms with Gasteiger partial charge in [-0.3, -0.25) is 19.3 Å². The van der Waals surface area contributed by atoms with Crippen molar-refractivity contribution in [1.82, 2.24) is 35.6 Å². The van der Waals surface area contributed by atoms with Gasteiger partial charge in [-0.05, 0) is 61.1 Å². The van der Waals surface area contributed by atoms with E-state index in [0.717, 1.165) is 52.9 Å². The maximum Gasteiger partial charge on any atom is 0.246 e. The molecule has 14 heteroatoms. The highest BCUT2D eigenvalue weighted by Gasteiger charge is 2.22. The zero-order valence-corrected chi connectivity index (χ0v) is 29.8. The normalized spacial score (nSPS) is 15.4. The predicted molar refractivity (Wildman–Crippen MR) is 195 cm³/mol. The fourth-order valence-corrected chi connectivity index (χ4v) is 6.65. The molecule has 276 valence electrons. The number of benzene rings is 2. The number of pyridine rings is 1. The molecule has 2 aromatic carbocycles. The minimum Gasteiger partial charge on any atom is -0.381 e. The van der Waals surface area contributed by atoms with E-state index in [1.54, 1.807) is 12.1 Å². The van der Waals surface area contributed by atoms with Gasteiger partial charge in [-0.15, -0.1) is 0 Å². The number of ether oxygens (including phenoxy) is 2. The zero-order valence-electron chi connectivity index (χ0n) is 29.8. The van der Waals surface area contributed by atoms with Gasteiger partial charge in [0, 0.05) is 75.3 Å². The second-order valence-corrected chi connectivity index (χ2v) is 13.1. The highest BCUT2D eigenvalue weighted by Crippen LogP contribution is 2.31. The Hall–Kier alpha value is -4.92. The van der Waals surface area contributed by atoms with Crippen molar-refractivity contribution in [1.29, 1.82) is 0 Å². The van der Waals surface area contributed by atoms with Crippen molar-refractivity contribution in [3.63, 3.8) is 0 Å². The van der Waals surface area contributed by atoms with Gasteiger partial charge >= 0.3 is 0 Å². The van der Waals surface area contributed by atoms with Crippen LogP contribution in [0, 0.1) is 5.82 Å². The summed E-state index contributed by atoms with van der Waals surface area (Å²) in [7, 11) is 0. The lowest BCUT2D eigenvalue weighted by Crippen LogP contribution is -2.47. The first-order valence-corrected chi connectivity index (χ1v) is 18.0. The average molecular weight is 715 g/mol. The number of carbonyl (C=O) groups excluding carboxylic acids is 3. The maximum absolute atomic E-state index is 14.9. The van der Waals surface area contributed by atoms with Crippen LogP contribution >= 0.6 is 0 Å². The van der Waals surface area contributed by atoms with Gasteiger partial charge < -0.3 is 30.7 Å². The molecular formula is C38H47FN8O5. The molecule has 0 bridgehead atoms. The van der Waals surface area contributed by atoms with Gasteiger partial charge in [-0.2, -0.15) is 5.10 Å². The predicted octanol–water partition coefficient (Wildman–Crippen LogP) is 3.29. The van der Waals surface area contributed by atoms with Gasteiger partial charge in [0.15, 0.2) is 5.65 Å². The van der Waals surface area contributed by atoms with Crippen molar-refractivity contribution in [3.05, 3.63) is 76.9 Å². The number of aromatic nitrogens is 3. The number of piperazine rings is 1. The largest absolute Gasteiger partial charge is 0.381 e. The van der Waals surface area contributed by atoms with E-state index in [0.29, 0.717) is 62.5 Å². The van der Waals surface area contributed by atoms with Crippen LogP contribution in [0.25, 0.3) is 22.2 Å². The lowest BCUT2D eigenvalue weighted by Gasteiger charge is -2.26. The molecule has 2 aliphatic heterocycles. The van der Waals surface area contributed by atoms with E-state index >= 15 is 0 Å². The Labute approximate surface area is 302 Å². The first-order valence-electron chi connectivity index (χ1n) is 18.0. The summed E-state index contributed by atoms with van der Waals surface area (Å²) in [5.74, 6) is -1.13. The van der Waals surface area contributed by atoms with Crippen molar-refractivity contribution >= 4 is 34.4 Å². The molecule has 2 aliphatic rings. The topological polar surface area (TPSA) is 152 Å². The number of rotatable bonds is 15. The summed E-state index contributed by atoms with van der Waals surface area (Å²) in [6, 6.07) is 12.6. The van der Waals surface area contributed by atoms with Gasteiger partial charge in [0.1, 0.15) is 19.0 Å². The van der Waals surface area contributed by atoms with E-state index in [1.807, 2.05) is 49.0 Å². The molecule has 4 N–H and O–H groups in total. The molecule has 0 atom stereocenters. The molecule has 2 saturated heterocycles. The molecule has 2 aromatic heterocycles. The number of halogens is 1. The Kier molecular flexibility index (Phi) is 12.4. The molecule has 0 unspecified atom stereocenters. The molecule has 6 rings (SSSR count). The maximum atomic E-state index is 14.9. The lowest BCUT2D eigenvalue weighted by atomic mass is 10.00. The van der Waals surface area contributed by atoms with E-state index in [9.17, 15) is 18.8 Å². The summed E-state index contributed by atoms with van der Waals surface area (Å²) in [5.41, 5.74) is 6.35. The van der Waals surface area contributed by atoms with Crippen LogP contribution in [0.2, 0.25) is 0 Å². The molecule has 0 radical (unpaired) electrons.